The van der Waals surface area contributed by atoms with Gasteiger partial charge in [0.1, 0.15) is 13.2 Å². The molecule has 0 saturated heterocycles. The lowest BCUT2D eigenvalue weighted by atomic mass is 10.1. The molecule has 6 nitrogen and oxygen atoms in total. The average molecular weight is 639 g/mol. The van der Waals surface area contributed by atoms with Gasteiger partial charge in [0.15, 0.2) is 6.10 Å². The third-order valence-corrected chi connectivity index (χ3v) is 8.61. The van der Waals surface area contributed by atoms with Crippen LogP contribution in [0.4, 0.5) is 0 Å². The van der Waals surface area contributed by atoms with Gasteiger partial charge in [-0.1, -0.05) is 175 Å². The van der Waals surface area contributed by atoms with E-state index in [0.29, 0.717) is 19.3 Å². The van der Waals surface area contributed by atoms with Crippen LogP contribution in [0.2, 0.25) is 0 Å². The molecule has 0 aliphatic heterocycles. The number of unbranched alkanes of at least 4 members (excludes halogenated alkanes) is 24. The SMILES string of the molecule is CCCCCCCCCCCCCC(=O)O[C@@H](COC(=O)CCCCCCCCC)COC(=O)CCCCCCCCCCC. The van der Waals surface area contributed by atoms with Crippen LogP contribution in [0.3, 0.4) is 0 Å². The van der Waals surface area contributed by atoms with Crippen LogP contribution in [-0.2, 0) is 28.6 Å². The van der Waals surface area contributed by atoms with Crippen LogP contribution >= 0.6 is 0 Å². The Labute approximate surface area is 278 Å². The molecule has 0 aliphatic rings. The summed E-state index contributed by atoms with van der Waals surface area (Å²) in [5.74, 6) is -0.871. The maximum Gasteiger partial charge on any atom is 0.306 e. The Kier molecular flexibility index (Phi) is 34.0. The highest BCUT2D eigenvalue weighted by Crippen LogP contribution is 2.14. The van der Waals surface area contributed by atoms with Gasteiger partial charge in [0.25, 0.3) is 0 Å². The lowest BCUT2D eigenvalue weighted by Crippen LogP contribution is -2.30. The molecule has 0 aromatic heterocycles. The lowest BCUT2D eigenvalue weighted by molar-refractivity contribution is -0.167. The quantitative estimate of drug-likeness (QED) is 0.0390. The van der Waals surface area contributed by atoms with Gasteiger partial charge in [0.05, 0.1) is 0 Å². The molecule has 0 heterocycles. The zero-order valence-electron chi connectivity index (χ0n) is 30.2. The first kappa shape index (κ1) is 43.4. The van der Waals surface area contributed by atoms with Crippen LogP contribution in [0, 0.1) is 0 Å². The molecule has 0 amide bonds. The first-order valence-corrected chi connectivity index (χ1v) is 19.5. The average Bonchev–Trinajstić information content (AvgIpc) is 3.03. The molecule has 1 atom stereocenters. The van der Waals surface area contributed by atoms with Crippen LogP contribution in [0.15, 0.2) is 0 Å². The van der Waals surface area contributed by atoms with Gasteiger partial charge in [-0.2, -0.15) is 0 Å². The fourth-order valence-electron chi connectivity index (χ4n) is 5.62. The smallest absolute Gasteiger partial charge is 0.306 e. The van der Waals surface area contributed by atoms with Crippen molar-refractivity contribution in [1.29, 1.82) is 0 Å². The molecular formula is C39H74O6. The molecule has 0 aromatic carbocycles. The molecule has 0 saturated carbocycles. The Morgan fingerprint density at radius 2 is 0.600 bits per heavy atom. The van der Waals surface area contributed by atoms with Gasteiger partial charge in [-0.15, -0.1) is 0 Å². The number of hydrogen-bond donors (Lipinski definition) is 0. The minimum Gasteiger partial charge on any atom is -0.462 e. The van der Waals surface area contributed by atoms with E-state index in [4.69, 9.17) is 14.2 Å². The van der Waals surface area contributed by atoms with Crippen molar-refractivity contribution >= 4 is 17.9 Å². The first-order chi connectivity index (χ1) is 22.0. The second-order valence-corrected chi connectivity index (χ2v) is 13.2. The number of ether oxygens (including phenoxy) is 3. The van der Waals surface area contributed by atoms with Gasteiger partial charge in [-0.3, -0.25) is 14.4 Å². The summed E-state index contributed by atoms with van der Waals surface area (Å²) in [4.78, 5) is 37.3. The van der Waals surface area contributed by atoms with E-state index in [2.05, 4.69) is 20.8 Å². The highest BCUT2D eigenvalue weighted by atomic mass is 16.6. The summed E-state index contributed by atoms with van der Waals surface area (Å²) in [6, 6.07) is 0. The minimum absolute atomic E-state index is 0.0645. The summed E-state index contributed by atoms with van der Waals surface area (Å²) < 4.78 is 16.5. The first-order valence-electron chi connectivity index (χ1n) is 19.5. The molecular weight excluding hydrogens is 564 g/mol. The Hall–Kier alpha value is -1.59. The minimum atomic E-state index is -0.754. The molecule has 45 heavy (non-hydrogen) atoms. The van der Waals surface area contributed by atoms with Gasteiger partial charge in [-0.05, 0) is 19.3 Å². The van der Waals surface area contributed by atoms with Crippen molar-refractivity contribution in [3.63, 3.8) is 0 Å². The summed E-state index contributed by atoms with van der Waals surface area (Å²) >= 11 is 0. The summed E-state index contributed by atoms with van der Waals surface area (Å²) in [6.45, 7) is 6.56. The molecule has 0 rings (SSSR count). The Morgan fingerprint density at radius 3 is 0.889 bits per heavy atom. The Bertz CT molecular complexity index is 664. The van der Waals surface area contributed by atoms with E-state index in [1.807, 2.05) is 0 Å². The molecule has 6 heteroatoms. The van der Waals surface area contributed by atoms with E-state index in [-0.39, 0.29) is 31.1 Å². The standard InChI is InChI=1S/C39H74O6/c1-4-7-10-13-16-18-19-21-24-27-30-33-39(42)45-36(34-43-37(40)31-28-25-22-15-12-9-6-3)35-44-38(41)32-29-26-23-20-17-14-11-8-5-2/h36H,4-35H2,1-3H3/t36-/m0/s1. The zero-order chi connectivity index (χ0) is 33.1. The van der Waals surface area contributed by atoms with Crippen molar-refractivity contribution < 1.29 is 28.6 Å². The van der Waals surface area contributed by atoms with Crippen LogP contribution in [0.1, 0.15) is 213 Å². The summed E-state index contributed by atoms with van der Waals surface area (Å²) in [5.41, 5.74) is 0. The molecule has 0 aliphatic carbocycles. The molecule has 0 bridgehead atoms. The molecule has 266 valence electrons. The van der Waals surface area contributed by atoms with Crippen molar-refractivity contribution in [2.75, 3.05) is 13.2 Å². The van der Waals surface area contributed by atoms with Gasteiger partial charge >= 0.3 is 17.9 Å². The number of carbonyl (C=O) groups excluding carboxylic acids is 3. The van der Waals surface area contributed by atoms with Gasteiger partial charge in [0, 0.05) is 19.3 Å². The van der Waals surface area contributed by atoms with Crippen LogP contribution in [0.25, 0.3) is 0 Å². The molecule has 0 N–H and O–H groups in total. The molecule has 0 aromatic rings. The zero-order valence-corrected chi connectivity index (χ0v) is 30.2. The topological polar surface area (TPSA) is 78.9 Å². The maximum atomic E-state index is 12.6. The number of esters is 3. The van der Waals surface area contributed by atoms with E-state index in [9.17, 15) is 14.4 Å². The number of rotatable bonds is 35. The normalized spacial score (nSPS) is 11.8. The van der Waals surface area contributed by atoms with E-state index in [1.54, 1.807) is 0 Å². The van der Waals surface area contributed by atoms with Crippen molar-refractivity contribution in [1.82, 2.24) is 0 Å². The highest BCUT2D eigenvalue weighted by molar-refractivity contribution is 5.71. The maximum absolute atomic E-state index is 12.6. The third kappa shape index (κ3) is 33.6. The molecule has 0 fully saturated rings. The van der Waals surface area contributed by atoms with E-state index in [0.717, 1.165) is 57.8 Å². The van der Waals surface area contributed by atoms with E-state index >= 15 is 0 Å². The summed E-state index contributed by atoms with van der Waals surface area (Å²) in [7, 11) is 0. The predicted molar refractivity (Wildman–Crippen MR) is 187 cm³/mol. The van der Waals surface area contributed by atoms with E-state index in [1.165, 1.54) is 116 Å². The van der Waals surface area contributed by atoms with Gasteiger partial charge < -0.3 is 14.2 Å². The van der Waals surface area contributed by atoms with E-state index < -0.39 is 6.10 Å². The highest BCUT2D eigenvalue weighted by Gasteiger charge is 2.19. The molecule has 0 radical (unpaired) electrons. The van der Waals surface area contributed by atoms with Crippen molar-refractivity contribution in [3.05, 3.63) is 0 Å². The van der Waals surface area contributed by atoms with Gasteiger partial charge in [-0.25, -0.2) is 0 Å². The summed E-state index contributed by atoms with van der Waals surface area (Å²) in [5, 5.41) is 0. The van der Waals surface area contributed by atoms with Crippen molar-refractivity contribution in [2.45, 2.75) is 219 Å². The third-order valence-electron chi connectivity index (χ3n) is 8.61. The van der Waals surface area contributed by atoms with Crippen molar-refractivity contribution in [3.8, 4) is 0 Å². The van der Waals surface area contributed by atoms with Crippen LogP contribution in [0.5, 0.6) is 0 Å². The monoisotopic (exact) mass is 639 g/mol. The molecule has 0 unspecified atom stereocenters. The fourth-order valence-corrected chi connectivity index (χ4v) is 5.62. The lowest BCUT2D eigenvalue weighted by Gasteiger charge is -2.18. The predicted octanol–water partition coefficient (Wildman–Crippen LogP) is 11.7. The second kappa shape index (κ2) is 35.3. The fraction of sp³-hybridized carbons (Fsp3) is 0.923. The Balaban J connectivity index is 4.32. The number of carbonyl (C=O) groups is 3. The van der Waals surface area contributed by atoms with Crippen molar-refractivity contribution in [2.24, 2.45) is 0 Å². The summed E-state index contributed by atoms with van der Waals surface area (Å²) in [6.07, 6.45) is 32.4. The van der Waals surface area contributed by atoms with Crippen LogP contribution in [-0.4, -0.2) is 37.2 Å². The van der Waals surface area contributed by atoms with Crippen LogP contribution < -0.4 is 0 Å². The second-order valence-electron chi connectivity index (χ2n) is 13.2. The molecule has 0 spiro atoms. The largest absolute Gasteiger partial charge is 0.462 e. The Morgan fingerprint density at radius 1 is 0.356 bits per heavy atom. The van der Waals surface area contributed by atoms with Gasteiger partial charge in [0.2, 0.25) is 0 Å². The number of hydrogen-bond acceptors (Lipinski definition) is 6.